The summed E-state index contributed by atoms with van der Waals surface area (Å²) in [5.74, 6) is -0.638. The van der Waals surface area contributed by atoms with Crippen molar-refractivity contribution in [1.29, 1.82) is 0 Å². The van der Waals surface area contributed by atoms with Crippen molar-refractivity contribution in [3.8, 4) is 0 Å². The van der Waals surface area contributed by atoms with Gasteiger partial charge in [0.1, 0.15) is 5.56 Å². The van der Waals surface area contributed by atoms with Crippen molar-refractivity contribution in [3.63, 3.8) is 0 Å². The molecule has 1 amide bonds. The Balaban J connectivity index is 1.54. The fourth-order valence-electron chi connectivity index (χ4n) is 3.30. The number of sulfonamides is 1. The second-order valence-electron chi connectivity index (χ2n) is 7.41. The Bertz CT molecular complexity index is 1500. The smallest absolute Gasteiger partial charge is 0.263 e. The Kier molecular flexibility index (Phi) is 6.81. The number of nitrogens with zero attached hydrogens (tertiary/aromatic N) is 1. The fraction of sp³-hybridized carbons (Fsp3) is 0.0400. The predicted octanol–water partition coefficient (Wildman–Crippen LogP) is 4.60. The van der Waals surface area contributed by atoms with Crippen LogP contribution in [0.3, 0.4) is 0 Å². The van der Waals surface area contributed by atoms with Gasteiger partial charge >= 0.3 is 0 Å². The summed E-state index contributed by atoms with van der Waals surface area (Å²) in [5, 5.41) is 2.86. The number of halogens is 1. The van der Waals surface area contributed by atoms with Crippen LogP contribution in [0, 0.1) is 0 Å². The molecule has 0 aliphatic rings. The average Bonchev–Trinajstić information content (AvgIpc) is 2.82. The molecule has 0 spiro atoms. The van der Waals surface area contributed by atoms with E-state index in [1.807, 2.05) is 30.3 Å². The molecule has 0 atom stereocenters. The third-order valence-electron chi connectivity index (χ3n) is 4.98. The molecule has 0 bridgehead atoms. The van der Waals surface area contributed by atoms with E-state index in [2.05, 4.69) is 10.0 Å². The molecule has 9 heteroatoms. The molecule has 1 heterocycles. The summed E-state index contributed by atoms with van der Waals surface area (Å²) >= 11 is 6.05. The molecule has 0 radical (unpaired) electrons. The summed E-state index contributed by atoms with van der Waals surface area (Å²) in [7, 11) is -3.96. The number of nitrogens with one attached hydrogen (secondary N) is 2. The number of hydrogen-bond donors (Lipinski definition) is 2. The topological polar surface area (TPSA) is 97.3 Å². The van der Waals surface area contributed by atoms with Gasteiger partial charge in [-0.1, -0.05) is 60.1 Å². The minimum atomic E-state index is -3.96. The second-order valence-corrected chi connectivity index (χ2v) is 9.50. The van der Waals surface area contributed by atoms with Crippen molar-refractivity contribution in [2.45, 2.75) is 11.4 Å². The Hall–Kier alpha value is -3.88. The standard InChI is InChI=1S/C25H20ClN3O4S/c26-22-13-4-5-14-23(22)28-34(32,33)20-11-6-10-19(16-20)27-24(30)21-12-7-15-29(25(21)31)17-18-8-2-1-3-9-18/h1-16,28H,17H2,(H,27,30). The first-order valence-corrected chi connectivity index (χ1v) is 12.1. The number of aromatic nitrogens is 1. The molecule has 3 aromatic carbocycles. The van der Waals surface area contributed by atoms with E-state index < -0.39 is 21.5 Å². The minimum absolute atomic E-state index is 0.0547. The quantitative estimate of drug-likeness (QED) is 0.393. The Morgan fingerprint density at radius 2 is 1.62 bits per heavy atom. The lowest BCUT2D eigenvalue weighted by molar-refractivity contribution is 0.102. The number of carbonyl (C=O) groups is 1. The monoisotopic (exact) mass is 493 g/mol. The van der Waals surface area contributed by atoms with Crippen molar-refractivity contribution in [1.82, 2.24) is 4.57 Å². The predicted molar refractivity (Wildman–Crippen MR) is 133 cm³/mol. The third kappa shape index (κ3) is 5.36. The van der Waals surface area contributed by atoms with E-state index in [4.69, 9.17) is 11.6 Å². The summed E-state index contributed by atoms with van der Waals surface area (Å²) in [6.07, 6.45) is 1.61. The summed E-state index contributed by atoms with van der Waals surface area (Å²) in [4.78, 5) is 25.6. The number of anilines is 2. The highest BCUT2D eigenvalue weighted by molar-refractivity contribution is 7.92. The van der Waals surface area contributed by atoms with Gasteiger partial charge in [0.25, 0.3) is 21.5 Å². The van der Waals surface area contributed by atoms with Gasteiger partial charge in [-0.25, -0.2) is 8.42 Å². The summed E-state index contributed by atoms with van der Waals surface area (Å²) in [5.41, 5.74) is 0.881. The molecule has 0 aliphatic heterocycles. The first kappa shape index (κ1) is 23.3. The number of amides is 1. The average molecular weight is 494 g/mol. The van der Waals surface area contributed by atoms with Crippen LogP contribution in [-0.2, 0) is 16.6 Å². The van der Waals surface area contributed by atoms with Crippen molar-refractivity contribution in [2.75, 3.05) is 10.0 Å². The largest absolute Gasteiger partial charge is 0.322 e. The van der Waals surface area contributed by atoms with Crippen LogP contribution in [0.15, 0.2) is 107 Å². The van der Waals surface area contributed by atoms with Crippen molar-refractivity contribution in [2.24, 2.45) is 0 Å². The number of pyridine rings is 1. The number of benzene rings is 3. The van der Waals surface area contributed by atoms with Crippen LogP contribution in [0.4, 0.5) is 11.4 Å². The van der Waals surface area contributed by atoms with Crippen molar-refractivity contribution in [3.05, 3.63) is 124 Å². The second kappa shape index (κ2) is 9.94. The molecule has 4 rings (SSSR count). The molecule has 0 saturated carbocycles. The van der Waals surface area contributed by atoms with Gasteiger partial charge in [-0.05, 0) is 48.0 Å². The normalized spacial score (nSPS) is 11.1. The molecule has 7 nitrogen and oxygen atoms in total. The van der Waals surface area contributed by atoms with Gasteiger partial charge in [0.15, 0.2) is 0 Å². The van der Waals surface area contributed by atoms with Gasteiger partial charge < -0.3 is 9.88 Å². The molecule has 0 aliphatic carbocycles. The third-order valence-corrected chi connectivity index (χ3v) is 6.67. The molecule has 2 N–H and O–H groups in total. The SMILES string of the molecule is O=C(Nc1cccc(S(=O)(=O)Nc2ccccc2Cl)c1)c1cccn(Cc2ccccc2)c1=O. The Morgan fingerprint density at radius 1 is 0.882 bits per heavy atom. The van der Waals surface area contributed by atoms with Gasteiger partial charge in [-0.15, -0.1) is 0 Å². The van der Waals surface area contributed by atoms with E-state index in [0.29, 0.717) is 6.54 Å². The molecule has 0 fully saturated rings. The van der Waals surface area contributed by atoms with Crippen LogP contribution < -0.4 is 15.6 Å². The summed E-state index contributed by atoms with van der Waals surface area (Å²) < 4.78 is 29.5. The van der Waals surface area contributed by atoms with E-state index >= 15 is 0 Å². The fourth-order valence-corrected chi connectivity index (χ4v) is 4.67. The number of carbonyl (C=O) groups excluding carboxylic acids is 1. The molecule has 172 valence electrons. The van der Waals surface area contributed by atoms with E-state index in [1.54, 1.807) is 36.5 Å². The van der Waals surface area contributed by atoms with E-state index in [1.165, 1.54) is 34.9 Å². The lowest BCUT2D eigenvalue weighted by Crippen LogP contribution is -2.29. The molecule has 0 saturated heterocycles. The number of rotatable bonds is 7. The highest BCUT2D eigenvalue weighted by atomic mass is 35.5. The summed E-state index contributed by atoms with van der Waals surface area (Å²) in [6, 6.07) is 24.7. The van der Waals surface area contributed by atoms with Crippen molar-refractivity contribution < 1.29 is 13.2 Å². The Labute approximate surface area is 201 Å². The van der Waals surface area contributed by atoms with E-state index in [0.717, 1.165) is 5.56 Å². The maximum absolute atomic E-state index is 12.9. The van der Waals surface area contributed by atoms with E-state index in [9.17, 15) is 18.0 Å². The van der Waals surface area contributed by atoms with Crippen LogP contribution in [0.25, 0.3) is 0 Å². The highest BCUT2D eigenvalue weighted by Gasteiger charge is 2.18. The molecule has 4 aromatic rings. The van der Waals surface area contributed by atoms with Crippen LogP contribution in [0.2, 0.25) is 5.02 Å². The molecule has 0 unspecified atom stereocenters. The number of hydrogen-bond acceptors (Lipinski definition) is 4. The first-order valence-electron chi connectivity index (χ1n) is 10.3. The maximum atomic E-state index is 12.9. The zero-order chi connectivity index (χ0) is 24.1. The van der Waals surface area contributed by atoms with Gasteiger partial charge in [0, 0.05) is 11.9 Å². The number of para-hydroxylation sites is 1. The molecular formula is C25H20ClN3O4S. The zero-order valence-corrected chi connectivity index (χ0v) is 19.4. The molecule has 34 heavy (non-hydrogen) atoms. The Morgan fingerprint density at radius 3 is 2.38 bits per heavy atom. The van der Waals surface area contributed by atoms with Crippen LogP contribution in [-0.4, -0.2) is 18.9 Å². The molecule has 1 aromatic heterocycles. The van der Waals surface area contributed by atoms with Gasteiger partial charge in [0.05, 0.1) is 22.2 Å². The lowest BCUT2D eigenvalue weighted by Gasteiger charge is -2.12. The van der Waals surface area contributed by atoms with Gasteiger partial charge in [0.2, 0.25) is 0 Å². The van der Waals surface area contributed by atoms with Crippen LogP contribution in [0.5, 0.6) is 0 Å². The maximum Gasteiger partial charge on any atom is 0.263 e. The van der Waals surface area contributed by atoms with E-state index in [-0.39, 0.29) is 26.9 Å². The van der Waals surface area contributed by atoms with Crippen LogP contribution in [0.1, 0.15) is 15.9 Å². The molecular weight excluding hydrogens is 474 g/mol. The zero-order valence-electron chi connectivity index (χ0n) is 17.8. The summed E-state index contributed by atoms with van der Waals surface area (Å²) in [6.45, 7) is 0.322. The van der Waals surface area contributed by atoms with Crippen molar-refractivity contribution >= 4 is 38.9 Å². The van der Waals surface area contributed by atoms with Crippen LogP contribution >= 0.6 is 11.6 Å². The minimum Gasteiger partial charge on any atom is -0.322 e. The first-order chi connectivity index (χ1) is 16.3. The van der Waals surface area contributed by atoms with Gasteiger partial charge in [-0.2, -0.15) is 0 Å². The van der Waals surface area contributed by atoms with Gasteiger partial charge in [-0.3, -0.25) is 14.3 Å². The lowest BCUT2D eigenvalue weighted by atomic mass is 10.2. The highest BCUT2D eigenvalue weighted by Crippen LogP contribution is 2.25.